The van der Waals surface area contributed by atoms with Crippen molar-refractivity contribution in [3.63, 3.8) is 0 Å². The molecule has 0 saturated heterocycles. The summed E-state index contributed by atoms with van der Waals surface area (Å²) in [6.07, 6.45) is 1.71. The Bertz CT molecular complexity index is 674. The van der Waals surface area contributed by atoms with Gasteiger partial charge in [0.25, 0.3) is 0 Å². The lowest BCUT2D eigenvalue weighted by atomic mass is 10.1. The lowest BCUT2D eigenvalue weighted by Crippen LogP contribution is -2.15. The molecule has 1 aromatic carbocycles. The van der Waals surface area contributed by atoms with Crippen molar-refractivity contribution in [1.82, 2.24) is 19.6 Å². The molecule has 3 rings (SSSR count). The lowest BCUT2D eigenvalue weighted by Gasteiger charge is -2.09. The average Bonchev–Trinajstić information content (AvgIpc) is 2.81. The van der Waals surface area contributed by atoms with Crippen LogP contribution in [0.25, 0.3) is 5.65 Å². The highest BCUT2D eigenvalue weighted by Gasteiger charge is 2.15. The van der Waals surface area contributed by atoms with Gasteiger partial charge in [-0.25, -0.2) is 4.98 Å². The number of nitrogens with two attached hydrogens (primary N) is 1. The summed E-state index contributed by atoms with van der Waals surface area (Å²) in [6.45, 7) is 1.92. The Morgan fingerprint density at radius 3 is 2.72 bits per heavy atom. The molecule has 0 radical (unpaired) electrons. The minimum Gasteiger partial charge on any atom is -0.318 e. The van der Waals surface area contributed by atoms with Crippen LogP contribution in [0.3, 0.4) is 0 Å². The van der Waals surface area contributed by atoms with E-state index < -0.39 is 0 Å². The summed E-state index contributed by atoms with van der Waals surface area (Å²) in [6, 6.07) is 11.4. The van der Waals surface area contributed by atoms with Gasteiger partial charge in [0.15, 0.2) is 11.5 Å². The molecule has 0 aliphatic carbocycles. The summed E-state index contributed by atoms with van der Waals surface area (Å²) in [4.78, 5) is 4.24. The molecule has 0 amide bonds. The van der Waals surface area contributed by atoms with E-state index in [0.29, 0.717) is 5.82 Å². The fourth-order valence-electron chi connectivity index (χ4n) is 1.93. The smallest absolute Gasteiger partial charge is 0.163 e. The highest BCUT2D eigenvalue weighted by atomic mass is 15.3. The number of aromatic nitrogens is 4. The van der Waals surface area contributed by atoms with Gasteiger partial charge in [-0.3, -0.25) is 4.40 Å². The summed E-state index contributed by atoms with van der Waals surface area (Å²) >= 11 is 0. The third kappa shape index (κ3) is 1.74. The highest BCUT2D eigenvalue weighted by molar-refractivity contribution is 5.39. The molecule has 5 nitrogen and oxygen atoms in total. The molecule has 5 heteroatoms. The van der Waals surface area contributed by atoms with Crippen LogP contribution in [0.4, 0.5) is 0 Å². The molecule has 0 fully saturated rings. The maximum atomic E-state index is 6.21. The number of hydrogen-bond acceptors (Lipinski definition) is 4. The topological polar surface area (TPSA) is 69.1 Å². The van der Waals surface area contributed by atoms with E-state index in [1.807, 2.05) is 47.7 Å². The minimum atomic E-state index is -0.300. The quantitative estimate of drug-likeness (QED) is 0.735. The summed E-state index contributed by atoms with van der Waals surface area (Å²) < 4.78 is 1.82. The fourth-order valence-corrected chi connectivity index (χ4v) is 1.93. The van der Waals surface area contributed by atoms with Gasteiger partial charge in [-0.05, 0) is 12.5 Å². The van der Waals surface area contributed by atoms with Crippen LogP contribution >= 0.6 is 0 Å². The summed E-state index contributed by atoms with van der Waals surface area (Å²) in [5.74, 6) is 0.698. The molecule has 2 aromatic heterocycles. The molecule has 90 valence electrons. The van der Waals surface area contributed by atoms with Crippen LogP contribution in [0, 0.1) is 6.92 Å². The van der Waals surface area contributed by atoms with Crippen molar-refractivity contribution in [1.29, 1.82) is 0 Å². The zero-order valence-electron chi connectivity index (χ0n) is 9.99. The Kier molecular flexibility index (Phi) is 2.53. The van der Waals surface area contributed by atoms with Crippen molar-refractivity contribution in [3.05, 3.63) is 59.8 Å². The Labute approximate surface area is 104 Å². The zero-order chi connectivity index (χ0) is 12.5. The summed E-state index contributed by atoms with van der Waals surface area (Å²) in [5, 5.41) is 8.28. The standard InChI is InChI=1S/C13H13N5/c1-9-7-11-16-17-13(18(11)8-15-9)12(14)10-5-3-2-4-6-10/h2-8,12H,14H2,1H3. The summed E-state index contributed by atoms with van der Waals surface area (Å²) in [7, 11) is 0. The van der Waals surface area contributed by atoms with Gasteiger partial charge in [-0.15, -0.1) is 10.2 Å². The molecule has 0 aliphatic rings. The maximum Gasteiger partial charge on any atom is 0.163 e. The molecule has 3 aromatic rings. The number of hydrogen-bond donors (Lipinski definition) is 1. The largest absolute Gasteiger partial charge is 0.318 e. The van der Waals surface area contributed by atoms with Gasteiger partial charge in [0.1, 0.15) is 6.33 Å². The van der Waals surface area contributed by atoms with Gasteiger partial charge in [0.2, 0.25) is 0 Å². The minimum absolute atomic E-state index is 0.300. The number of nitrogens with zero attached hydrogens (tertiary/aromatic N) is 4. The average molecular weight is 239 g/mol. The first-order valence-corrected chi connectivity index (χ1v) is 5.73. The van der Waals surface area contributed by atoms with Gasteiger partial charge in [-0.1, -0.05) is 30.3 Å². The normalized spacial score (nSPS) is 12.8. The third-order valence-electron chi connectivity index (χ3n) is 2.90. The second-order valence-corrected chi connectivity index (χ2v) is 4.21. The van der Waals surface area contributed by atoms with E-state index in [4.69, 9.17) is 5.73 Å². The predicted molar refractivity (Wildman–Crippen MR) is 68.0 cm³/mol. The Morgan fingerprint density at radius 2 is 1.94 bits per heavy atom. The monoisotopic (exact) mass is 239 g/mol. The molecule has 0 bridgehead atoms. The highest BCUT2D eigenvalue weighted by Crippen LogP contribution is 2.18. The van der Waals surface area contributed by atoms with E-state index in [-0.39, 0.29) is 6.04 Å². The van der Waals surface area contributed by atoms with Crippen LogP contribution in [0.5, 0.6) is 0 Å². The molecule has 2 N–H and O–H groups in total. The second kappa shape index (κ2) is 4.19. The molecule has 1 unspecified atom stereocenters. The zero-order valence-corrected chi connectivity index (χ0v) is 9.99. The van der Waals surface area contributed by atoms with Crippen molar-refractivity contribution in [3.8, 4) is 0 Å². The SMILES string of the molecule is Cc1cc2nnc(C(N)c3ccccc3)n2cn1. The van der Waals surface area contributed by atoms with Gasteiger partial charge in [-0.2, -0.15) is 0 Å². The Balaban J connectivity index is 2.10. The Hall–Kier alpha value is -2.27. The molecular formula is C13H13N5. The first kappa shape index (κ1) is 10.9. The molecular weight excluding hydrogens is 226 g/mol. The van der Waals surface area contributed by atoms with Crippen molar-refractivity contribution >= 4 is 5.65 Å². The molecule has 0 spiro atoms. The first-order valence-electron chi connectivity index (χ1n) is 5.73. The van der Waals surface area contributed by atoms with Gasteiger partial charge in [0.05, 0.1) is 6.04 Å². The first-order chi connectivity index (χ1) is 8.75. The fraction of sp³-hybridized carbons (Fsp3) is 0.154. The van der Waals surface area contributed by atoms with Gasteiger partial charge < -0.3 is 5.73 Å². The van der Waals surface area contributed by atoms with Crippen molar-refractivity contribution in [2.45, 2.75) is 13.0 Å². The lowest BCUT2D eigenvalue weighted by molar-refractivity contribution is 0.760. The number of fused-ring (bicyclic) bond motifs is 1. The number of rotatable bonds is 2. The van der Waals surface area contributed by atoms with Crippen LogP contribution in [0.2, 0.25) is 0 Å². The third-order valence-corrected chi connectivity index (χ3v) is 2.90. The van der Waals surface area contributed by atoms with E-state index in [2.05, 4.69) is 15.2 Å². The van der Waals surface area contributed by atoms with Crippen LogP contribution in [0.15, 0.2) is 42.7 Å². The van der Waals surface area contributed by atoms with Crippen LogP contribution in [0.1, 0.15) is 23.1 Å². The summed E-state index contributed by atoms with van der Waals surface area (Å²) in [5.41, 5.74) is 8.90. The van der Waals surface area contributed by atoms with E-state index in [1.165, 1.54) is 0 Å². The maximum absolute atomic E-state index is 6.21. The number of aryl methyl sites for hydroxylation is 1. The number of benzene rings is 1. The molecule has 0 saturated carbocycles. The van der Waals surface area contributed by atoms with Crippen LogP contribution < -0.4 is 5.73 Å². The van der Waals surface area contributed by atoms with Crippen molar-refractivity contribution < 1.29 is 0 Å². The van der Waals surface area contributed by atoms with Crippen molar-refractivity contribution in [2.75, 3.05) is 0 Å². The van der Waals surface area contributed by atoms with Crippen LogP contribution in [-0.2, 0) is 0 Å². The molecule has 2 heterocycles. The molecule has 0 aliphatic heterocycles. The van der Waals surface area contributed by atoms with E-state index in [9.17, 15) is 0 Å². The van der Waals surface area contributed by atoms with Crippen molar-refractivity contribution in [2.24, 2.45) is 5.73 Å². The predicted octanol–water partition coefficient (Wildman–Crippen LogP) is 1.48. The molecule has 1 atom stereocenters. The Morgan fingerprint density at radius 1 is 1.17 bits per heavy atom. The second-order valence-electron chi connectivity index (χ2n) is 4.21. The van der Waals surface area contributed by atoms with E-state index in [1.54, 1.807) is 6.33 Å². The van der Waals surface area contributed by atoms with E-state index in [0.717, 1.165) is 16.9 Å². The van der Waals surface area contributed by atoms with Gasteiger partial charge >= 0.3 is 0 Å². The van der Waals surface area contributed by atoms with Gasteiger partial charge in [0, 0.05) is 11.8 Å². The molecule has 18 heavy (non-hydrogen) atoms. The van der Waals surface area contributed by atoms with E-state index >= 15 is 0 Å². The van der Waals surface area contributed by atoms with Crippen LogP contribution in [-0.4, -0.2) is 19.6 Å².